The number of rotatable bonds is 70. The molecule has 0 saturated carbocycles. The molecule has 0 aliphatic rings. The highest BCUT2D eigenvalue weighted by molar-refractivity contribution is 6.09. The smallest absolute Gasteiger partial charge is 0.344 e. The first-order valence-corrected chi connectivity index (χ1v) is 36.0. The van der Waals surface area contributed by atoms with Crippen molar-refractivity contribution in [2.24, 2.45) is 5.92 Å². The Kier molecular flexibility index (Phi) is 53.6. The fourth-order valence-electron chi connectivity index (χ4n) is 8.97. The Morgan fingerprint density at radius 3 is 0.865 bits per heavy atom. The third kappa shape index (κ3) is 47.8. The second kappa shape index (κ2) is 62.5. The normalized spacial score (nSPS) is 12.9. The summed E-state index contributed by atoms with van der Waals surface area (Å²) in [5, 5.41) is 10.9. The summed E-state index contributed by atoms with van der Waals surface area (Å²) in [7, 11) is 6.13. The minimum Gasteiger partial charge on any atom is -0.482 e. The molecule has 6 atom stereocenters. The summed E-state index contributed by atoms with van der Waals surface area (Å²) in [6, 6.07) is 29.8. The molecule has 4 aromatic rings. The van der Waals surface area contributed by atoms with Crippen LogP contribution in [0.25, 0.3) is 0 Å². The fourth-order valence-corrected chi connectivity index (χ4v) is 8.97. The van der Waals surface area contributed by atoms with Crippen molar-refractivity contribution in [3.05, 3.63) is 131 Å². The molecule has 0 aromatic heterocycles. The van der Waals surface area contributed by atoms with Gasteiger partial charge >= 0.3 is 35.8 Å². The largest absolute Gasteiger partial charge is 0.482 e. The number of carbonyl (C=O) groups is 8. The molecule has 0 aliphatic carbocycles. The molecule has 1 N–H and O–H groups in total. The number of esters is 6. The van der Waals surface area contributed by atoms with Crippen LogP contribution in [0.5, 0.6) is 11.5 Å². The maximum atomic E-state index is 13.2. The zero-order valence-electron chi connectivity index (χ0n) is 63.8. The lowest BCUT2D eigenvalue weighted by molar-refractivity contribution is -0.171. The highest BCUT2D eigenvalue weighted by Crippen LogP contribution is 2.18. The van der Waals surface area contributed by atoms with Crippen LogP contribution in [0.1, 0.15) is 38.8 Å². The zero-order valence-corrected chi connectivity index (χ0v) is 63.8. The summed E-state index contributed by atoms with van der Waals surface area (Å²) < 4.78 is 137. The summed E-state index contributed by atoms with van der Waals surface area (Å²) in [4.78, 5) is 104. The average molecular weight is 1580 g/mol. The van der Waals surface area contributed by atoms with Crippen LogP contribution < -0.4 is 9.47 Å². The van der Waals surface area contributed by atoms with Gasteiger partial charge in [0, 0.05) is 56.6 Å². The highest BCUT2D eigenvalue weighted by Gasteiger charge is 2.25. The number of aliphatic hydroxyl groups excluding tert-OH is 1. The van der Waals surface area contributed by atoms with E-state index < -0.39 is 119 Å². The first kappa shape index (κ1) is 95.3. The molecule has 0 heterocycles. The van der Waals surface area contributed by atoms with Crippen molar-refractivity contribution >= 4 is 47.4 Å². The quantitative estimate of drug-likeness (QED) is 0.0287. The van der Waals surface area contributed by atoms with E-state index in [4.69, 9.17) is 118 Å². The Bertz CT molecular complexity index is 3110. The molecule has 111 heavy (non-hydrogen) atoms. The standard InChI is InChI=1S/C77H108O34/c1-58(41-100-44-66(108-72(81)53-96-37-33-92-29-25-88-3)46-102-49-69(50-106-70(79)52-95-36-32-91-28-24-87-2)111-75(84)57-105-65-22-18-62(19-23-65)77(86)60-14-10-7-11-15-60)40-99-42-63(78)43-101-45-67(109-73(82)54-97-38-34-93-30-26-89-4)47-103-48-68(110-74(83)55-98-39-35-94-31-27-90-5)51-107-71(80)56-104-64-20-16-61(17-21-64)76(85)59-12-8-6-9-13-59/h6-23,58,63,66-69,78H,24-57H2,1-5H3. The lowest BCUT2D eigenvalue weighted by Gasteiger charge is -2.22. The fraction of sp³-hybridized carbons (Fsp3) is 0.584. The number of hydrogen-bond donors (Lipinski definition) is 1. The van der Waals surface area contributed by atoms with E-state index in [0.29, 0.717) is 75.1 Å². The van der Waals surface area contributed by atoms with E-state index in [1.54, 1.807) is 91.9 Å². The zero-order chi connectivity index (χ0) is 80.0. The number of ketones is 2. The summed E-state index contributed by atoms with van der Waals surface area (Å²) >= 11 is 0. The molecule has 0 bridgehead atoms. The molecule has 0 aliphatic heterocycles. The van der Waals surface area contributed by atoms with E-state index in [-0.39, 0.29) is 148 Å². The Hall–Kier alpha value is -8.08. The summed E-state index contributed by atoms with van der Waals surface area (Å²) in [5.74, 6) is -5.03. The Balaban J connectivity index is 1.33. The summed E-state index contributed by atoms with van der Waals surface area (Å²) in [6.07, 6.45) is -5.80. The first-order valence-electron chi connectivity index (χ1n) is 36.0. The van der Waals surface area contributed by atoms with Crippen LogP contribution in [0.4, 0.5) is 0 Å². The minimum atomic E-state index is -1.21. The average Bonchev–Trinajstić information content (AvgIpc) is 0.859. The number of benzene rings is 4. The first-order chi connectivity index (χ1) is 54.1. The summed E-state index contributed by atoms with van der Waals surface area (Å²) in [6.45, 7) is -0.736. The Morgan fingerprint density at radius 1 is 0.270 bits per heavy atom. The Labute approximate surface area is 646 Å². The van der Waals surface area contributed by atoms with Gasteiger partial charge in [0.2, 0.25) is 0 Å². The van der Waals surface area contributed by atoms with E-state index >= 15 is 0 Å². The third-order valence-corrected chi connectivity index (χ3v) is 14.4. The molecule has 34 heteroatoms. The number of methoxy groups -OCH3 is 4. The van der Waals surface area contributed by atoms with Gasteiger partial charge in [0.15, 0.2) is 37.0 Å². The van der Waals surface area contributed by atoms with Crippen LogP contribution in [-0.4, -0.2) is 336 Å². The van der Waals surface area contributed by atoms with Gasteiger partial charge in [0.05, 0.1) is 172 Å². The van der Waals surface area contributed by atoms with E-state index in [2.05, 4.69) is 0 Å². The van der Waals surface area contributed by atoms with Gasteiger partial charge in [-0.2, -0.15) is 0 Å². The topological polar surface area (TPSA) is 388 Å². The lowest BCUT2D eigenvalue weighted by Crippen LogP contribution is -2.36. The SMILES string of the molecule is COCCOCCOCC(=O)OCC(COCC(COCC(C)COCC(O)COCC(COCC(COC(=O)COc1ccc(C(=O)c2ccccc2)cc1)OC(=O)COCCOCCOC)OC(=O)COCCOCCOC)OC(=O)COCCOCCOC)OC(=O)COc1ccc(C(=O)c2ccccc2)cc1. The molecule has 0 saturated heterocycles. The van der Waals surface area contributed by atoms with Crippen LogP contribution in [0.15, 0.2) is 109 Å². The molecular formula is C77H108O34. The van der Waals surface area contributed by atoms with Gasteiger partial charge in [-0.3, -0.25) is 9.59 Å². The predicted octanol–water partition coefficient (Wildman–Crippen LogP) is 3.14. The van der Waals surface area contributed by atoms with Crippen LogP contribution in [0.3, 0.4) is 0 Å². The van der Waals surface area contributed by atoms with Crippen LogP contribution >= 0.6 is 0 Å². The number of hydrogen-bond acceptors (Lipinski definition) is 34. The monoisotopic (exact) mass is 1580 g/mol. The minimum absolute atomic E-state index is 0.0531. The van der Waals surface area contributed by atoms with E-state index in [9.17, 15) is 43.5 Å². The second-order valence-corrected chi connectivity index (χ2v) is 23.9. The molecule has 0 radical (unpaired) electrons. The van der Waals surface area contributed by atoms with Crippen molar-refractivity contribution in [1.82, 2.24) is 0 Å². The maximum absolute atomic E-state index is 13.2. The third-order valence-electron chi connectivity index (χ3n) is 14.4. The van der Waals surface area contributed by atoms with Crippen LogP contribution in [-0.2, 0) is 138 Å². The number of ether oxygens (including phenoxy) is 25. The van der Waals surface area contributed by atoms with Gasteiger partial charge in [-0.05, 0) is 48.5 Å². The Morgan fingerprint density at radius 2 is 0.523 bits per heavy atom. The van der Waals surface area contributed by atoms with E-state index in [1.807, 2.05) is 0 Å². The molecule has 0 fully saturated rings. The van der Waals surface area contributed by atoms with Crippen molar-refractivity contribution in [2.45, 2.75) is 37.4 Å². The van der Waals surface area contributed by atoms with Gasteiger partial charge in [-0.25, -0.2) is 28.8 Å². The van der Waals surface area contributed by atoms with Crippen molar-refractivity contribution in [3.8, 4) is 11.5 Å². The molecule has 4 aromatic carbocycles. The molecule has 34 nitrogen and oxygen atoms in total. The van der Waals surface area contributed by atoms with Crippen LogP contribution in [0.2, 0.25) is 0 Å². The van der Waals surface area contributed by atoms with Gasteiger partial charge < -0.3 is 124 Å². The molecule has 620 valence electrons. The van der Waals surface area contributed by atoms with Gasteiger partial charge in [0.1, 0.15) is 69.5 Å². The van der Waals surface area contributed by atoms with Gasteiger partial charge in [-0.15, -0.1) is 0 Å². The van der Waals surface area contributed by atoms with Crippen molar-refractivity contribution in [2.75, 3.05) is 253 Å². The molecular weight excluding hydrogens is 1470 g/mol. The molecule has 6 unspecified atom stereocenters. The van der Waals surface area contributed by atoms with E-state index in [0.717, 1.165) is 0 Å². The number of carbonyl (C=O) groups excluding carboxylic acids is 8. The molecule has 0 spiro atoms. The summed E-state index contributed by atoms with van der Waals surface area (Å²) in [5.41, 5.74) is 1.81. The molecule has 4 rings (SSSR count). The van der Waals surface area contributed by atoms with Gasteiger partial charge in [0.25, 0.3) is 0 Å². The lowest BCUT2D eigenvalue weighted by atomic mass is 10.0. The van der Waals surface area contributed by atoms with Gasteiger partial charge in [-0.1, -0.05) is 67.6 Å². The highest BCUT2D eigenvalue weighted by atomic mass is 16.7. The van der Waals surface area contributed by atoms with E-state index in [1.165, 1.54) is 52.7 Å². The van der Waals surface area contributed by atoms with Crippen LogP contribution in [0, 0.1) is 5.92 Å². The van der Waals surface area contributed by atoms with Crippen molar-refractivity contribution in [3.63, 3.8) is 0 Å². The maximum Gasteiger partial charge on any atom is 0.344 e. The van der Waals surface area contributed by atoms with Crippen molar-refractivity contribution < 1.29 is 162 Å². The molecule has 0 amide bonds. The predicted molar refractivity (Wildman–Crippen MR) is 388 cm³/mol. The van der Waals surface area contributed by atoms with Crippen molar-refractivity contribution in [1.29, 1.82) is 0 Å². The number of aliphatic hydroxyl groups is 1. The second-order valence-electron chi connectivity index (χ2n) is 23.9.